The lowest BCUT2D eigenvalue weighted by molar-refractivity contribution is 0.598. The molecule has 0 saturated heterocycles. The highest BCUT2D eigenvalue weighted by molar-refractivity contribution is 9.10. The smallest absolute Gasteiger partial charge is 0.232 e. The standard InChI is InChI=1S/C13H17BrN2O2S/c1-3-4-7-19(17,18)16-10-5-6-12-11(8-10)9(2)13(14)15-12/h5-6,8,15-16H,3-4,7H2,1-2H3. The molecule has 2 N–H and O–H groups in total. The number of H-pyrrole nitrogens is 1. The van der Waals surface area contributed by atoms with E-state index in [-0.39, 0.29) is 5.75 Å². The van der Waals surface area contributed by atoms with Gasteiger partial charge >= 0.3 is 0 Å². The van der Waals surface area contributed by atoms with E-state index in [1.54, 1.807) is 6.07 Å². The minimum absolute atomic E-state index is 0.164. The van der Waals surface area contributed by atoms with Crippen molar-refractivity contribution < 1.29 is 8.42 Å². The molecule has 0 radical (unpaired) electrons. The lowest BCUT2D eigenvalue weighted by Gasteiger charge is -2.07. The van der Waals surface area contributed by atoms with Gasteiger partial charge in [0, 0.05) is 16.6 Å². The largest absolute Gasteiger partial charge is 0.349 e. The Balaban J connectivity index is 2.29. The van der Waals surface area contributed by atoms with Gasteiger partial charge in [0.2, 0.25) is 10.0 Å². The molecular weight excluding hydrogens is 328 g/mol. The normalized spacial score (nSPS) is 11.9. The van der Waals surface area contributed by atoms with Gasteiger partial charge in [-0.3, -0.25) is 4.72 Å². The average molecular weight is 345 g/mol. The van der Waals surface area contributed by atoms with Gasteiger partial charge in [0.15, 0.2) is 0 Å². The zero-order chi connectivity index (χ0) is 14.0. The summed E-state index contributed by atoms with van der Waals surface area (Å²) in [5.74, 6) is 0.164. The Kier molecular flexibility index (Phi) is 4.20. The number of rotatable bonds is 5. The molecule has 104 valence electrons. The molecule has 1 aromatic carbocycles. The third-order valence-corrected chi connectivity index (χ3v) is 5.20. The summed E-state index contributed by atoms with van der Waals surface area (Å²) in [5, 5.41) is 1.02. The van der Waals surface area contributed by atoms with Crippen molar-refractivity contribution >= 4 is 42.5 Å². The van der Waals surface area contributed by atoms with E-state index in [4.69, 9.17) is 0 Å². The molecule has 1 aromatic heterocycles. The zero-order valence-electron chi connectivity index (χ0n) is 11.0. The van der Waals surface area contributed by atoms with Crippen LogP contribution in [0.15, 0.2) is 22.8 Å². The van der Waals surface area contributed by atoms with Gasteiger partial charge in [-0.2, -0.15) is 0 Å². The number of hydrogen-bond donors (Lipinski definition) is 2. The lowest BCUT2D eigenvalue weighted by atomic mass is 10.2. The second-order valence-corrected chi connectivity index (χ2v) is 7.23. The van der Waals surface area contributed by atoms with Crippen LogP contribution >= 0.6 is 15.9 Å². The van der Waals surface area contributed by atoms with Gasteiger partial charge in [-0.05, 0) is 53.0 Å². The Morgan fingerprint density at radius 2 is 2.11 bits per heavy atom. The molecule has 6 heteroatoms. The summed E-state index contributed by atoms with van der Waals surface area (Å²) < 4.78 is 27.3. The number of fused-ring (bicyclic) bond motifs is 1. The Hall–Kier alpha value is -1.01. The van der Waals surface area contributed by atoms with E-state index >= 15 is 0 Å². The van der Waals surface area contributed by atoms with E-state index in [0.29, 0.717) is 12.1 Å². The van der Waals surface area contributed by atoms with Gasteiger partial charge < -0.3 is 4.98 Å². The number of unbranched alkanes of at least 4 members (excludes halogenated alkanes) is 1. The number of halogens is 1. The predicted molar refractivity (Wildman–Crippen MR) is 83.1 cm³/mol. The Bertz CT molecular complexity index is 692. The molecule has 2 aromatic rings. The minimum atomic E-state index is -3.24. The predicted octanol–water partition coefficient (Wildman–Crippen LogP) is 3.78. The SMILES string of the molecule is CCCCS(=O)(=O)Nc1ccc2[nH]c(Br)c(C)c2c1. The number of aryl methyl sites for hydroxylation is 1. The average Bonchev–Trinajstić information content (AvgIpc) is 2.63. The summed E-state index contributed by atoms with van der Waals surface area (Å²) in [6, 6.07) is 5.51. The number of hydrogen-bond acceptors (Lipinski definition) is 2. The topological polar surface area (TPSA) is 62.0 Å². The number of nitrogens with one attached hydrogen (secondary N) is 2. The molecule has 0 bridgehead atoms. The van der Waals surface area contributed by atoms with Crippen molar-refractivity contribution in [2.45, 2.75) is 26.7 Å². The fourth-order valence-electron chi connectivity index (χ4n) is 1.92. The van der Waals surface area contributed by atoms with Gasteiger partial charge in [0.1, 0.15) is 0 Å². The first-order valence-electron chi connectivity index (χ1n) is 6.21. The van der Waals surface area contributed by atoms with Gasteiger partial charge in [-0.25, -0.2) is 8.42 Å². The molecule has 0 aliphatic carbocycles. The van der Waals surface area contributed by atoms with Crippen LogP contribution in [0.25, 0.3) is 10.9 Å². The molecule has 0 spiro atoms. The summed E-state index contributed by atoms with van der Waals surface area (Å²) in [7, 11) is -3.24. The second-order valence-electron chi connectivity index (χ2n) is 4.60. The number of benzene rings is 1. The maximum absolute atomic E-state index is 11.9. The van der Waals surface area contributed by atoms with Crippen molar-refractivity contribution in [3.63, 3.8) is 0 Å². The highest BCUT2D eigenvalue weighted by Crippen LogP contribution is 2.28. The Morgan fingerprint density at radius 1 is 1.37 bits per heavy atom. The maximum Gasteiger partial charge on any atom is 0.232 e. The highest BCUT2D eigenvalue weighted by Gasteiger charge is 2.11. The quantitative estimate of drug-likeness (QED) is 0.866. The van der Waals surface area contributed by atoms with Crippen LogP contribution in [0.5, 0.6) is 0 Å². The number of aromatic amines is 1. The van der Waals surface area contributed by atoms with Gasteiger partial charge in [0.05, 0.1) is 10.4 Å². The fraction of sp³-hybridized carbons (Fsp3) is 0.385. The third kappa shape index (κ3) is 3.30. The maximum atomic E-state index is 11.9. The minimum Gasteiger partial charge on any atom is -0.349 e. The molecule has 19 heavy (non-hydrogen) atoms. The number of sulfonamides is 1. The first kappa shape index (κ1) is 14.4. The second kappa shape index (κ2) is 5.54. The molecular formula is C13H17BrN2O2S. The van der Waals surface area contributed by atoms with Crippen LogP contribution in [0.2, 0.25) is 0 Å². The van der Waals surface area contributed by atoms with Crippen molar-refractivity contribution in [2.75, 3.05) is 10.5 Å². The molecule has 0 fully saturated rings. The van der Waals surface area contributed by atoms with Crippen LogP contribution in [-0.4, -0.2) is 19.2 Å². The summed E-state index contributed by atoms with van der Waals surface area (Å²) >= 11 is 3.43. The third-order valence-electron chi connectivity index (χ3n) is 3.04. The van der Waals surface area contributed by atoms with Crippen LogP contribution in [0, 0.1) is 6.92 Å². The van der Waals surface area contributed by atoms with E-state index < -0.39 is 10.0 Å². The van der Waals surface area contributed by atoms with Gasteiger partial charge in [-0.1, -0.05) is 13.3 Å². The first-order chi connectivity index (χ1) is 8.93. The summed E-state index contributed by atoms with van der Waals surface area (Å²) in [5.41, 5.74) is 2.67. The summed E-state index contributed by atoms with van der Waals surface area (Å²) in [6.07, 6.45) is 1.54. The van der Waals surface area contributed by atoms with Crippen LogP contribution in [0.1, 0.15) is 25.3 Å². The van der Waals surface area contributed by atoms with Crippen LogP contribution in [0.3, 0.4) is 0 Å². The van der Waals surface area contributed by atoms with Crippen LogP contribution < -0.4 is 4.72 Å². The number of aromatic nitrogens is 1. The van der Waals surface area contributed by atoms with E-state index in [1.807, 2.05) is 26.0 Å². The molecule has 0 aliphatic rings. The Labute approximate surface area is 121 Å². The van der Waals surface area contributed by atoms with Crippen LogP contribution in [-0.2, 0) is 10.0 Å². The van der Waals surface area contributed by atoms with Crippen LogP contribution in [0.4, 0.5) is 5.69 Å². The van der Waals surface area contributed by atoms with Crippen molar-refractivity contribution in [1.82, 2.24) is 4.98 Å². The van der Waals surface area contributed by atoms with E-state index in [0.717, 1.165) is 27.5 Å². The number of anilines is 1. The molecule has 0 aliphatic heterocycles. The molecule has 1 heterocycles. The van der Waals surface area contributed by atoms with E-state index in [2.05, 4.69) is 25.6 Å². The fourth-order valence-corrected chi connectivity index (χ4v) is 3.61. The molecule has 4 nitrogen and oxygen atoms in total. The molecule has 0 saturated carbocycles. The molecule has 2 rings (SSSR count). The van der Waals surface area contributed by atoms with Gasteiger partial charge in [-0.15, -0.1) is 0 Å². The highest BCUT2D eigenvalue weighted by atomic mass is 79.9. The molecule has 0 amide bonds. The van der Waals surface area contributed by atoms with Crippen molar-refractivity contribution in [3.05, 3.63) is 28.4 Å². The summed E-state index contributed by atoms with van der Waals surface area (Å²) in [6.45, 7) is 3.96. The first-order valence-corrected chi connectivity index (χ1v) is 8.66. The van der Waals surface area contributed by atoms with Crippen molar-refractivity contribution in [1.29, 1.82) is 0 Å². The molecule has 0 unspecified atom stereocenters. The Morgan fingerprint density at radius 3 is 2.79 bits per heavy atom. The zero-order valence-corrected chi connectivity index (χ0v) is 13.4. The van der Waals surface area contributed by atoms with Gasteiger partial charge in [0.25, 0.3) is 0 Å². The van der Waals surface area contributed by atoms with E-state index in [1.165, 1.54) is 0 Å². The molecule has 0 atom stereocenters. The van der Waals surface area contributed by atoms with E-state index in [9.17, 15) is 8.42 Å². The van der Waals surface area contributed by atoms with Crippen molar-refractivity contribution in [3.8, 4) is 0 Å². The monoisotopic (exact) mass is 344 g/mol. The lowest BCUT2D eigenvalue weighted by Crippen LogP contribution is -2.16. The summed E-state index contributed by atoms with van der Waals surface area (Å²) in [4.78, 5) is 3.19. The van der Waals surface area contributed by atoms with Crippen molar-refractivity contribution in [2.24, 2.45) is 0 Å².